The topological polar surface area (TPSA) is 101 Å². The number of anilines is 1. The van der Waals surface area contributed by atoms with E-state index in [1.54, 1.807) is 22.9 Å². The third-order valence-corrected chi connectivity index (χ3v) is 3.91. The van der Waals surface area contributed by atoms with Crippen LogP contribution in [0, 0.1) is 5.82 Å². The first kappa shape index (κ1) is 19.3. The Bertz CT molecular complexity index is 984. The van der Waals surface area contributed by atoms with Crippen LogP contribution in [0.25, 0.3) is 11.0 Å². The van der Waals surface area contributed by atoms with E-state index in [0.29, 0.717) is 29.9 Å². The average molecular weight is 384 g/mol. The fraction of sp³-hybridized carbons (Fsp3) is 0.263. The lowest BCUT2D eigenvalue weighted by molar-refractivity contribution is 0.0943. The first-order valence-corrected chi connectivity index (χ1v) is 8.87. The Labute approximate surface area is 161 Å². The van der Waals surface area contributed by atoms with Gasteiger partial charge in [-0.1, -0.05) is 5.21 Å². The predicted molar refractivity (Wildman–Crippen MR) is 104 cm³/mol. The summed E-state index contributed by atoms with van der Waals surface area (Å²) < 4.78 is 14.5. The number of urea groups is 1. The number of aromatic nitrogens is 3. The number of hydrogen-bond acceptors (Lipinski definition) is 4. The van der Waals surface area contributed by atoms with Crippen molar-refractivity contribution in [3.05, 3.63) is 53.8 Å². The smallest absolute Gasteiger partial charge is 0.319 e. The van der Waals surface area contributed by atoms with Crippen LogP contribution in [0.4, 0.5) is 14.9 Å². The van der Waals surface area contributed by atoms with Crippen molar-refractivity contribution < 1.29 is 14.0 Å². The van der Waals surface area contributed by atoms with Gasteiger partial charge in [-0.2, -0.15) is 0 Å². The average Bonchev–Trinajstić information content (AvgIpc) is 3.05. The Morgan fingerprint density at radius 3 is 2.61 bits per heavy atom. The Morgan fingerprint density at radius 2 is 1.89 bits per heavy atom. The lowest BCUT2D eigenvalue weighted by Gasteiger charge is -2.09. The third-order valence-electron chi connectivity index (χ3n) is 3.91. The zero-order valence-corrected chi connectivity index (χ0v) is 15.6. The minimum atomic E-state index is -0.399. The summed E-state index contributed by atoms with van der Waals surface area (Å²) in [6.07, 6.45) is 0. The van der Waals surface area contributed by atoms with Gasteiger partial charge in [0.15, 0.2) is 0 Å². The highest BCUT2D eigenvalue weighted by atomic mass is 19.1. The van der Waals surface area contributed by atoms with Crippen LogP contribution in [0.15, 0.2) is 42.5 Å². The van der Waals surface area contributed by atoms with Crippen molar-refractivity contribution in [2.45, 2.75) is 26.4 Å². The van der Waals surface area contributed by atoms with Gasteiger partial charge in [0.05, 0.1) is 12.1 Å². The Balaban J connectivity index is 1.56. The molecule has 28 heavy (non-hydrogen) atoms. The second-order valence-corrected chi connectivity index (χ2v) is 6.53. The Morgan fingerprint density at radius 1 is 1.14 bits per heavy atom. The molecule has 0 saturated carbocycles. The van der Waals surface area contributed by atoms with Crippen molar-refractivity contribution in [1.82, 2.24) is 25.6 Å². The third kappa shape index (κ3) is 4.81. The van der Waals surface area contributed by atoms with E-state index in [1.807, 2.05) is 13.8 Å². The summed E-state index contributed by atoms with van der Waals surface area (Å²) >= 11 is 0. The molecular weight excluding hydrogens is 363 g/mol. The maximum absolute atomic E-state index is 12.9. The summed E-state index contributed by atoms with van der Waals surface area (Å²) in [5.74, 6) is -0.528. The largest absolute Gasteiger partial charge is 0.350 e. The van der Waals surface area contributed by atoms with E-state index in [0.717, 1.165) is 5.52 Å². The van der Waals surface area contributed by atoms with E-state index in [2.05, 4.69) is 26.3 Å². The SMILES string of the molecule is CC(C)NC(=O)c1ccc2c(c1)nnn2CCNC(=O)Nc1ccc(F)cc1. The summed E-state index contributed by atoms with van der Waals surface area (Å²) in [4.78, 5) is 24.0. The van der Waals surface area contributed by atoms with Crippen LogP contribution in [0.5, 0.6) is 0 Å². The van der Waals surface area contributed by atoms with Gasteiger partial charge >= 0.3 is 6.03 Å². The number of carbonyl (C=O) groups excluding carboxylic acids is 2. The molecule has 0 unspecified atom stereocenters. The summed E-state index contributed by atoms with van der Waals surface area (Å²) in [5, 5.41) is 16.3. The summed E-state index contributed by atoms with van der Waals surface area (Å²) in [7, 11) is 0. The highest BCUT2D eigenvalue weighted by Crippen LogP contribution is 2.13. The number of hydrogen-bond donors (Lipinski definition) is 3. The summed E-state index contributed by atoms with van der Waals surface area (Å²) in [6, 6.07) is 10.3. The van der Waals surface area contributed by atoms with Gasteiger partial charge in [0.25, 0.3) is 5.91 Å². The number of fused-ring (bicyclic) bond motifs is 1. The van der Waals surface area contributed by atoms with Crippen LogP contribution in [-0.2, 0) is 6.54 Å². The Hall–Kier alpha value is -3.49. The molecule has 0 radical (unpaired) electrons. The molecule has 3 amide bonds. The van der Waals surface area contributed by atoms with E-state index < -0.39 is 6.03 Å². The van der Waals surface area contributed by atoms with Crippen LogP contribution in [0.2, 0.25) is 0 Å². The van der Waals surface area contributed by atoms with Gasteiger partial charge in [-0.15, -0.1) is 5.10 Å². The molecule has 9 heteroatoms. The Kier molecular flexibility index (Phi) is 5.83. The molecule has 3 rings (SSSR count). The van der Waals surface area contributed by atoms with Gasteiger partial charge in [-0.3, -0.25) is 4.79 Å². The van der Waals surface area contributed by atoms with E-state index in [-0.39, 0.29) is 17.8 Å². The van der Waals surface area contributed by atoms with Crippen LogP contribution in [0.3, 0.4) is 0 Å². The minimum Gasteiger partial charge on any atom is -0.350 e. The molecule has 2 aromatic carbocycles. The number of amides is 3. The monoisotopic (exact) mass is 384 g/mol. The molecule has 1 aromatic heterocycles. The molecule has 0 aliphatic heterocycles. The molecule has 0 fully saturated rings. The first-order chi connectivity index (χ1) is 13.4. The van der Waals surface area contributed by atoms with Crippen LogP contribution >= 0.6 is 0 Å². The molecule has 0 aliphatic rings. The van der Waals surface area contributed by atoms with E-state index in [9.17, 15) is 14.0 Å². The van der Waals surface area contributed by atoms with Crippen molar-refractivity contribution in [2.75, 3.05) is 11.9 Å². The second-order valence-electron chi connectivity index (χ2n) is 6.53. The molecule has 0 spiro atoms. The van der Waals surface area contributed by atoms with Gasteiger partial charge in [0, 0.05) is 23.8 Å². The number of halogens is 1. The van der Waals surface area contributed by atoms with Crippen molar-refractivity contribution in [3.63, 3.8) is 0 Å². The zero-order valence-electron chi connectivity index (χ0n) is 15.6. The van der Waals surface area contributed by atoms with Crippen molar-refractivity contribution in [2.24, 2.45) is 0 Å². The van der Waals surface area contributed by atoms with Gasteiger partial charge in [0.2, 0.25) is 0 Å². The highest BCUT2D eigenvalue weighted by molar-refractivity contribution is 5.97. The zero-order chi connectivity index (χ0) is 20.1. The number of benzene rings is 2. The van der Waals surface area contributed by atoms with Gasteiger partial charge in [0.1, 0.15) is 11.3 Å². The van der Waals surface area contributed by atoms with E-state index in [4.69, 9.17) is 0 Å². The molecule has 0 bridgehead atoms. The lowest BCUT2D eigenvalue weighted by Crippen LogP contribution is -2.31. The van der Waals surface area contributed by atoms with E-state index >= 15 is 0 Å². The molecule has 8 nitrogen and oxygen atoms in total. The molecular formula is C19H21FN6O2. The minimum absolute atomic E-state index is 0.0472. The number of nitrogens with one attached hydrogen (secondary N) is 3. The van der Waals surface area contributed by atoms with Crippen molar-refractivity contribution >= 4 is 28.7 Å². The molecule has 0 atom stereocenters. The van der Waals surface area contributed by atoms with Gasteiger partial charge < -0.3 is 16.0 Å². The lowest BCUT2D eigenvalue weighted by atomic mass is 10.2. The molecule has 0 saturated heterocycles. The molecule has 1 heterocycles. The fourth-order valence-electron chi connectivity index (χ4n) is 2.61. The van der Waals surface area contributed by atoms with E-state index in [1.165, 1.54) is 24.3 Å². The van der Waals surface area contributed by atoms with Crippen LogP contribution in [-0.4, -0.2) is 39.5 Å². The summed E-state index contributed by atoms with van der Waals surface area (Å²) in [6.45, 7) is 4.52. The van der Waals surface area contributed by atoms with Gasteiger partial charge in [-0.05, 0) is 56.3 Å². The number of rotatable bonds is 6. The molecule has 3 aromatic rings. The second kappa shape index (κ2) is 8.47. The normalized spacial score (nSPS) is 10.9. The van der Waals surface area contributed by atoms with Crippen molar-refractivity contribution in [3.8, 4) is 0 Å². The standard InChI is InChI=1S/C19H21FN6O2/c1-12(2)22-18(27)13-3-8-17-16(11-13)24-25-26(17)10-9-21-19(28)23-15-6-4-14(20)5-7-15/h3-8,11-12H,9-10H2,1-2H3,(H,22,27)(H2,21,23,28). The maximum atomic E-state index is 12.9. The molecule has 3 N–H and O–H groups in total. The van der Waals surface area contributed by atoms with Gasteiger partial charge in [-0.25, -0.2) is 13.9 Å². The highest BCUT2D eigenvalue weighted by Gasteiger charge is 2.11. The molecule has 0 aliphatic carbocycles. The van der Waals surface area contributed by atoms with Crippen LogP contribution in [0.1, 0.15) is 24.2 Å². The van der Waals surface area contributed by atoms with Crippen LogP contribution < -0.4 is 16.0 Å². The predicted octanol–water partition coefficient (Wildman–Crippen LogP) is 2.53. The maximum Gasteiger partial charge on any atom is 0.319 e. The molecule has 146 valence electrons. The number of nitrogens with zero attached hydrogens (tertiary/aromatic N) is 3. The van der Waals surface area contributed by atoms with Crippen molar-refractivity contribution in [1.29, 1.82) is 0 Å². The number of carbonyl (C=O) groups is 2. The first-order valence-electron chi connectivity index (χ1n) is 8.87. The quantitative estimate of drug-likeness (QED) is 0.608. The summed E-state index contributed by atoms with van der Waals surface area (Å²) in [5.41, 5.74) is 2.39. The fourth-order valence-corrected chi connectivity index (χ4v) is 2.61.